The number of carbonyl (C=O) groups is 1. The van der Waals surface area contributed by atoms with Gasteiger partial charge in [-0.25, -0.2) is 4.39 Å². The molecular formula is C14H21FN2O. The van der Waals surface area contributed by atoms with Gasteiger partial charge in [0.1, 0.15) is 5.82 Å². The van der Waals surface area contributed by atoms with Crippen LogP contribution in [0.3, 0.4) is 0 Å². The fourth-order valence-electron chi connectivity index (χ4n) is 1.77. The molecule has 0 heterocycles. The number of hydrogen-bond donors (Lipinski definition) is 2. The van der Waals surface area contributed by atoms with Crippen molar-refractivity contribution in [2.45, 2.75) is 32.7 Å². The van der Waals surface area contributed by atoms with E-state index < -0.39 is 0 Å². The van der Waals surface area contributed by atoms with Crippen molar-refractivity contribution in [3.63, 3.8) is 0 Å². The second-order valence-corrected chi connectivity index (χ2v) is 4.21. The Kier molecular flexibility index (Phi) is 6.36. The van der Waals surface area contributed by atoms with E-state index in [9.17, 15) is 9.18 Å². The lowest BCUT2D eigenvalue weighted by Gasteiger charge is -2.17. The third kappa shape index (κ3) is 4.45. The SMILES string of the molecule is CCCNC(=O)CNC(CC)c1ccccc1F. The summed E-state index contributed by atoms with van der Waals surface area (Å²) < 4.78 is 13.6. The third-order valence-electron chi connectivity index (χ3n) is 2.77. The quantitative estimate of drug-likeness (QED) is 0.782. The van der Waals surface area contributed by atoms with Crippen LogP contribution < -0.4 is 10.6 Å². The molecule has 0 aliphatic heterocycles. The molecule has 4 heteroatoms. The van der Waals surface area contributed by atoms with Crippen molar-refractivity contribution in [2.24, 2.45) is 0 Å². The summed E-state index contributed by atoms with van der Waals surface area (Å²) in [5.41, 5.74) is 0.614. The van der Waals surface area contributed by atoms with Crippen LogP contribution in [0.4, 0.5) is 4.39 Å². The lowest BCUT2D eigenvalue weighted by molar-refractivity contribution is -0.120. The fraction of sp³-hybridized carbons (Fsp3) is 0.500. The maximum Gasteiger partial charge on any atom is 0.233 e. The Morgan fingerprint density at radius 3 is 2.67 bits per heavy atom. The highest BCUT2D eigenvalue weighted by molar-refractivity contribution is 5.77. The Labute approximate surface area is 108 Å². The van der Waals surface area contributed by atoms with Crippen molar-refractivity contribution in [3.8, 4) is 0 Å². The summed E-state index contributed by atoms with van der Waals surface area (Å²) in [5, 5.41) is 5.87. The Hall–Kier alpha value is -1.42. The first kappa shape index (κ1) is 14.6. The van der Waals surface area contributed by atoms with Crippen molar-refractivity contribution in [2.75, 3.05) is 13.1 Å². The molecule has 1 unspecified atom stereocenters. The van der Waals surface area contributed by atoms with E-state index in [4.69, 9.17) is 0 Å². The molecule has 100 valence electrons. The Morgan fingerprint density at radius 2 is 2.06 bits per heavy atom. The van der Waals surface area contributed by atoms with Crippen molar-refractivity contribution in [1.82, 2.24) is 10.6 Å². The molecule has 18 heavy (non-hydrogen) atoms. The number of nitrogens with one attached hydrogen (secondary N) is 2. The summed E-state index contributed by atoms with van der Waals surface area (Å²) in [6, 6.07) is 6.54. The topological polar surface area (TPSA) is 41.1 Å². The summed E-state index contributed by atoms with van der Waals surface area (Å²) in [6.07, 6.45) is 1.65. The lowest BCUT2D eigenvalue weighted by Crippen LogP contribution is -2.36. The summed E-state index contributed by atoms with van der Waals surface area (Å²) in [4.78, 5) is 11.5. The average molecular weight is 252 g/mol. The second-order valence-electron chi connectivity index (χ2n) is 4.21. The molecule has 2 N–H and O–H groups in total. The number of halogens is 1. The summed E-state index contributed by atoms with van der Waals surface area (Å²) >= 11 is 0. The second kappa shape index (κ2) is 7.82. The Bertz CT molecular complexity index is 382. The minimum atomic E-state index is -0.231. The first-order valence-electron chi connectivity index (χ1n) is 6.43. The zero-order valence-corrected chi connectivity index (χ0v) is 11.0. The molecule has 1 aromatic carbocycles. The molecule has 1 rings (SSSR count). The van der Waals surface area contributed by atoms with E-state index in [1.807, 2.05) is 13.8 Å². The van der Waals surface area contributed by atoms with Crippen LogP contribution in [0, 0.1) is 5.82 Å². The van der Waals surface area contributed by atoms with Crippen LogP contribution in [0.15, 0.2) is 24.3 Å². The van der Waals surface area contributed by atoms with Gasteiger partial charge in [0.2, 0.25) is 5.91 Å². The van der Waals surface area contributed by atoms with Gasteiger partial charge >= 0.3 is 0 Å². The maximum absolute atomic E-state index is 13.6. The standard InChI is InChI=1S/C14H21FN2O/c1-3-9-16-14(18)10-17-13(4-2)11-7-5-6-8-12(11)15/h5-8,13,17H,3-4,9-10H2,1-2H3,(H,16,18). The van der Waals surface area contributed by atoms with Crippen molar-refractivity contribution in [1.29, 1.82) is 0 Å². The zero-order chi connectivity index (χ0) is 13.4. The Balaban J connectivity index is 2.53. The summed E-state index contributed by atoms with van der Waals surface area (Å²) in [6.45, 7) is 4.86. The molecule has 0 aromatic heterocycles. The highest BCUT2D eigenvalue weighted by atomic mass is 19.1. The van der Waals surface area contributed by atoms with Gasteiger partial charge in [-0.05, 0) is 18.9 Å². The number of benzene rings is 1. The predicted molar refractivity (Wildman–Crippen MR) is 70.7 cm³/mol. The van der Waals surface area contributed by atoms with Crippen LogP contribution in [0.25, 0.3) is 0 Å². The molecule has 0 aliphatic rings. The van der Waals surface area contributed by atoms with Gasteiger partial charge in [-0.2, -0.15) is 0 Å². The molecule has 1 amide bonds. The van der Waals surface area contributed by atoms with Gasteiger partial charge in [0.15, 0.2) is 0 Å². The maximum atomic E-state index is 13.6. The van der Waals surface area contributed by atoms with Gasteiger partial charge in [-0.15, -0.1) is 0 Å². The Morgan fingerprint density at radius 1 is 1.33 bits per heavy atom. The number of hydrogen-bond acceptors (Lipinski definition) is 2. The van der Waals surface area contributed by atoms with Gasteiger partial charge in [0.05, 0.1) is 6.54 Å². The fourth-order valence-corrected chi connectivity index (χ4v) is 1.77. The van der Waals surface area contributed by atoms with Gasteiger partial charge in [0, 0.05) is 18.2 Å². The molecule has 1 atom stereocenters. The minimum absolute atomic E-state index is 0.0494. The van der Waals surface area contributed by atoms with Crippen LogP contribution in [0.1, 0.15) is 38.3 Å². The van der Waals surface area contributed by atoms with Crippen LogP contribution in [0.2, 0.25) is 0 Å². The van der Waals surface area contributed by atoms with E-state index in [-0.39, 0.29) is 24.3 Å². The zero-order valence-electron chi connectivity index (χ0n) is 11.0. The van der Waals surface area contributed by atoms with Crippen LogP contribution in [-0.2, 0) is 4.79 Å². The molecule has 0 spiro atoms. The minimum Gasteiger partial charge on any atom is -0.355 e. The van der Waals surface area contributed by atoms with Gasteiger partial charge in [-0.3, -0.25) is 4.79 Å². The van der Waals surface area contributed by atoms with Crippen LogP contribution in [-0.4, -0.2) is 19.0 Å². The summed E-state index contributed by atoms with van der Waals surface area (Å²) in [7, 11) is 0. The van der Waals surface area contributed by atoms with E-state index in [0.717, 1.165) is 12.8 Å². The molecule has 3 nitrogen and oxygen atoms in total. The first-order chi connectivity index (χ1) is 8.69. The van der Waals surface area contributed by atoms with Crippen LogP contribution in [0.5, 0.6) is 0 Å². The number of amides is 1. The molecule has 0 radical (unpaired) electrons. The number of rotatable bonds is 7. The first-order valence-corrected chi connectivity index (χ1v) is 6.43. The van der Waals surface area contributed by atoms with Crippen molar-refractivity contribution >= 4 is 5.91 Å². The van der Waals surface area contributed by atoms with Crippen LogP contribution >= 0.6 is 0 Å². The monoisotopic (exact) mass is 252 g/mol. The normalized spacial score (nSPS) is 12.2. The summed E-state index contributed by atoms with van der Waals surface area (Å²) in [5.74, 6) is -0.280. The molecule has 0 saturated heterocycles. The van der Waals surface area contributed by atoms with Gasteiger partial charge in [0.25, 0.3) is 0 Å². The van der Waals surface area contributed by atoms with Gasteiger partial charge < -0.3 is 10.6 Å². The predicted octanol–water partition coefficient (Wildman–Crippen LogP) is 2.39. The largest absolute Gasteiger partial charge is 0.355 e. The highest BCUT2D eigenvalue weighted by Crippen LogP contribution is 2.19. The van der Waals surface area contributed by atoms with Gasteiger partial charge in [-0.1, -0.05) is 32.0 Å². The third-order valence-corrected chi connectivity index (χ3v) is 2.77. The van der Waals surface area contributed by atoms with Crippen molar-refractivity contribution < 1.29 is 9.18 Å². The van der Waals surface area contributed by atoms with E-state index in [1.54, 1.807) is 18.2 Å². The molecule has 0 aliphatic carbocycles. The van der Waals surface area contributed by atoms with Crippen molar-refractivity contribution in [3.05, 3.63) is 35.6 Å². The smallest absolute Gasteiger partial charge is 0.233 e. The molecule has 0 saturated carbocycles. The highest BCUT2D eigenvalue weighted by Gasteiger charge is 2.13. The average Bonchev–Trinajstić information content (AvgIpc) is 2.39. The molecule has 0 fully saturated rings. The van der Waals surface area contributed by atoms with E-state index in [0.29, 0.717) is 12.1 Å². The molecule has 1 aromatic rings. The molecular weight excluding hydrogens is 231 g/mol. The van der Waals surface area contributed by atoms with E-state index in [1.165, 1.54) is 6.07 Å². The lowest BCUT2D eigenvalue weighted by atomic mass is 10.0. The van der Waals surface area contributed by atoms with E-state index >= 15 is 0 Å². The number of carbonyl (C=O) groups excluding carboxylic acids is 1. The molecule has 0 bridgehead atoms. The van der Waals surface area contributed by atoms with E-state index in [2.05, 4.69) is 10.6 Å².